The van der Waals surface area contributed by atoms with Crippen LogP contribution in [0.3, 0.4) is 0 Å². The molecule has 18 heavy (non-hydrogen) atoms. The summed E-state index contributed by atoms with van der Waals surface area (Å²) >= 11 is 0. The van der Waals surface area contributed by atoms with E-state index in [4.69, 9.17) is 0 Å². The minimum atomic E-state index is 0.173. The van der Waals surface area contributed by atoms with Crippen LogP contribution in [0.5, 0.6) is 0 Å². The van der Waals surface area contributed by atoms with Crippen LogP contribution in [0.25, 0.3) is 5.65 Å². The average Bonchev–Trinajstić information content (AvgIpc) is 2.76. The number of nitrogens with zero attached hydrogens (tertiary/aromatic N) is 5. The van der Waals surface area contributed by atoms with Gasteiger partial charge in [-0.2, -0.15) is 4.52 Å². The van der Waals surface area contributed by atoms with E-state index >= 15 is 0 Å². The summed E-state index contributed by atoms with van der Waals surface area (Å²) in [5, 5.41) is 15.1. The number of hydrogen-bond acceptors (Lipinski definition) is 5. The number of nitrogens with one attached hydrogen (secondary N) is 1. The predicted octanol–water partition coefficient (Wildman–Crippen LogP) is 1.09. The van der Waals surface area contributed by atoms with E-state index in [2.05, 4.69) is 53.5 Å². The molecule has 0 aromatic carbocycles. The van der Waals surface area contributed by atoms with Crippen molar-refractivity contribution in [2.45, 2.75) is 40.2 Å². The first kappa shape index (κ1) is 12.9. The monoisotopic (exact) mass is 248 g/mol. The topological polar surface area (TPSA) is 68.0 Å². The Morgan fingerprint density at radius 3 is 2.78 bits per heavy atom. The van der Waals surface area contributed by atoms with E-state index in [1.165, 1.54) is 0 Å². The normalized spacial score (nSPS) is 14.0. The molecular formula is C12H20N6. The van der Waals surface area contributed by atoms with Crippen molar-refractivity contribution in [2.75, 3.05) is 6.54 Å². The maximum Gasteiger partial charge on any atom is 0.197 e. The molecule has 1 N–H and O–H groups in total. The number of hydrogen-bond donors (Lipinski definition) is 1. The Morgan fingerprint density at radius 2 is 2.11 bits per heavy atom. The molecule has 0 amide bonds. The molecule has 0 bridgehead atoms. The minimum Gasteiger partial charge on any atom is -0.313 e. The zero-order valence-electron chi connectivity index (χ0n) is 11.4. The van der Waals surface area contributed by atoms with Crippen LogP contribution < -0.4 is 5.32 Å². The highest BCUT2D eigenvalue weighted by atomic mass is 15.5. The third-order valence-electron chi connectivity index (χ3n) is 3.09. The Morgan fingerprint density at radius 1 is 1.33 bits per heavy atom. The van der Waals surface area contributed by atoms with Crippen molar-refractivity contribution < 1.29 is 0 Å². The lowest BCUT2D eigenvalue weighted by molar-refractivity contribution is 0.267. The summed E-state index contributed by atoms with van der Waals surface area (Å²) in [6.45, 7) is 9.75. The van der Waals surface area contributed by atoms with Gasteiger partial charge >= 0.3 is 0 Å². The van der Waals surface area contributed by atoms with Gasteiger partial charge < -0.3 is 5.32 Å². The lowest BCUT2D eigenvalue weighted by Crippen LogP contribution is -2.42. The second kappa shape index (κ2) is 4.97. The summed E-state index contributed by atoms with van der Waals surface area (Å²) in [4.78, 5) is 4.19. The Labute approximate surface area is 107 Å². The van der Waals surface area contributed by atoms with Crippen molar-refractivity contribution in [3.8, 4) is 0 Å². The molecule has 0 spiro atoms. The van der Waals surface area contributed by atoms with Crippen molar-refractivity contribution in [3.05, 3.63) is 18.1 Å². The van der Waals surface area contributed by atoms with E-state index in [9.17, 15) is 0 Å². The molecule has 0 radical (unpaired) electrons. The van der Waals surface area contributed by atoms with Crippen molar-refractivity contribution in [3.63, 3.8) is 0 Å². The van der Waals surface area contributed by atoms with Gasteiger partial charge in [-0.15, -0.1) is 5.10 Å². The van der Waals surface area contributed by atoms with Crippen molar-refractivity contribution in [2.24, 2.45) is 5.41 Å². The molecule has 2 aromatic rings. The summed E-state index contributed by atoms with van der Waals surface area (Å²) in [5.41, 5.74) is 1.89. The third kappa shape index (κ3) is 2.64. The van der Waals surface area contributed by atoms with E-state index in [-0.39, 0.29) is 5.41 Å². The SMILES string of the molecule is CCNC(Cc1cncc2nnnn12)C(C)(C)C. The highest BCUT2D eigenvalue weighted by Gasteiger charge is 2.25. The maximum atomic E-state index is 4.19. The van der Waals surface area contributed by atoms with E-state index in [0.29, 0.717) is 11.7 Å². The molecule has 2 aromatic heterocycles. The molecule has 0 fully saturated rings. The van der Waals surface area contributed by atoms with Crippen LogP contribution >= 0.6 is 0 Å². The lowest BCUT2D eigenvalue weighted by Gasteiger charge is -2.31. The third-order valence-corrected chi connectivity index (χ3v) is 3.09. The maximum absolute atomic E-state index is 4.19. The van der Waals surface area contributed by atoms with Gasteiger partial charge in [0, 0.05) is 18.7 Å². The largest absolute Gasteiger partial charge is 0.313 e. The Bertz CT molecular complexity index is 513. The minimum absolute atomic E-state index is 0.173. The van der Waals surface area contributed by atoms with Crippen LogP contribution in [0, 0.1) is 5.41 Å². The van der Waals surface area contributed by atoms with Crippen LogP contribution in [-0.4, -0.2) is 37.6 Å². The Kier molecular flexibility index (Phi) is 3.56. The van der Waals surface area contributed by atoms with Gasteiger partial charge in [-0.05, 0) is 22.4 Å². The average molecular weight is 248 g/mol. The fraction of sp³-hybridized carbons (Fsp3) is 0.667. The standard InChI is InChI=1S/C12H20N6/c1-5-14-10(12(2,3)4)6-9-7-13-8-11-15-16-17-18(9)11/h7-8,10,14H,5-6H2,1-4H3. The van der Waals surface area contributed by atoms with Gasteiger partial charge in [0.2, 0.25) is 0 Å². The second-order valence-corrected chi connectivity index (χ2v) is 5.53. The van der Waals surface area contributed by atoms with Crippen molar-refractivity contribution in [1.82, 2.24) is 30.3 Å². The molecular weight excluding hydrogens is 228 g/mol. The zero-order chi connectivity index (χ0) is 13.2. The van der Waals surface area contributed by atoms with Crippen LogP contribution in [0.15, 0.2) is 12.4 Å². The van der Waals surface area contributed by atoms with Gasteiger partial charge in [0.15, 0.2) is 5.65 Å². The first-order valence-electron chi connectivity index (χ1n) is 6.26. The summed E-state index contributed by atoms with van der Waals surface area (Å²) in [6, 6.07) is 0.360. The summed E-state index contributed by atoms with van der Waals surface area (Å²) in [6.07, 6.45) is 4.36. The number of rotatable bonds is 4. The second-order valence-electron chi connectivity index (χ2n) is 5.53. The van der Waals surface area contributed by atoms with Crippen LogP contribution in [0.2, 0.25) is 0 Å². The molecule has 2 heterocycles. The van der Waals surface area contributed by atoms with Gasteiger partial charge in [-0.1, -0.05) is 27.7 Å². The van der Waals surface area contributed by atoms with Crippen molar-refractivity contribution in [1.29, 1.82) is 0 Å². The molecule has 0 aliphatic rings. The highest BCUT2D eigenvalue weighted by molar-refractivity contribution is 5.32. The molecule has 0 saturated heterocycles. The molecule has 0 aliphatic heterocycles. The molecule has 2 rings (SSSR count). The molecule has 98 valence electrons. The molecule has 6 heteroatoms. The Balaban J connectivity index is 2.28. The van der Waals surface area contributed by atoms with E-state index in [0.717, 1.165) is 18.7 Å². The van der Waals surface area contributed by atoms with Crippen LogP contribution in [-0.2, 0) is 6.42 Å². The van der Waals surface area contributed by atoms with Crippen LogP contribution in [0.1, 0.15) is 33.4 Å². The van der Waals surface area contributed by atoms with Crippen LogP contribution in [0.4, 0.5) is 0 Å². The van der Waals surface area contributed by atoms with Gasteiger partial charge in [0.05, 0.1) is 11.9 Å². The lowest BCUT2D eigenvalue weighted by atomic mass is 9.84. The van der Waals surface area contributed by atoms with Gasteiger partial charge in [-0.25, -0.2) is 0 Å². The summed E-state index contributed by atoms with van der Waals surface area (Å²) < 4.78 is 1.75. The van der Waals surface area contributed by atoms with Gasteiger partial charge in [0.1, 0.15) is 0 Å². The first-order chi connectivity index (χ1) is 8.52. The molecule has 1 atom stereocenters. The zero-order valence-corrected chi connectivity index (χ0v) is 11.4. The first-order valence-corrected chi connectivity index (χ1v) is 6.26. The van der Waals surface area contributed by atoms with E-state index < -0.39 is 0 Å². The fourth-order valence-corrected chi connectivity index (χ4v) is 2.00. The number of tetrazole rings is 1. The number of likely N-dealkylation sites (N-methyl/N-ethyl adjacent to an activating group) is 1. The smallest absolute Gasteiger partial charge is 0.197 e. The predicted molar refractivity (Wildman–Crippen MR) is 69.2 cm³/mol. The van der Waals surface area contributed by atoms with Gasteiger partial charge in [0.25, 0.3) is 0 Å². The van der Waals surface area contributed by atoms with E-state index in [1.54, 1.807) is 10.7 Å². The molecule has 0 saturated carbocycles. The summed E-state index contributed by atoms with van der Waals surface area (Å²) in [7, 11) is 0. The number of fused-ring (bicyclic) bond motifs is 1. The molecule has 6 nitrogen and oxygen atoms in total. The van der Waals surface area contributed by atoms with Gasteiger partial charge in [-0.3, -0.25) is 4.98 Å². The summed E-state index contributed by atoms with van der Waals surface area (Å²) in [5.74, 6) is 0. The quantitative estimate of drug-likeness (QED) is 0.877. The Hall–Kier alpha value is -1.56. The highest BCUT2D eigenvalue weighted by Crippen LogP contribution is 2.22. The number of aromatic nitrogens is 5. The molecule has 1 unspecified atom stereocenters. The van der Waals surface area contributed by atoms with E-state index in [1.807, 2.05) is 6.20 Å². The molecule has 0 aliphatic carbocycles. The van der Waals surface area contributed by atoms with Crippen molar-refractivity contribution >= 4 is 5.65 Å². The fourth-order valence-electron chi connectivity index (χ4n) is 2.00.